The summed E-state index contributed by atoms with van der Waals surface area (Å²) in [7, 11) is 1.80. The second kappa shape index (κ2) is 4.45. The Kier molecular flexibility index (Phi) is 2.99. The summed E-state index contributed by atoms with van der Waals surface area (Å²) in [5, 5.41) is 4.27. The number of rotatable bonds is 3. The molecule has 17 heavy (non-hydrogen) atoms. The van der Waals surface area contributed by atoms with Crippen LogP contribution in [0.4, 0.5) is 5.82 Å². The predicted octanol–water partition coefficient (Wildman–Crippen LogP) is 1.85. The lowest BCUT2D eigenvalue weighted by Gasteiger charge is -2.08. The molecule has 0 bridgehead atoms. The van der Waals surface area contributed by atoms with Crippen LogP contribution in [0, 0.1) is 0 Å². The van der Waals surface area contributed by atoms with E-state index in [0.717, 1.165) is 11.4 Å². The van der Waals surface area contributed by atoms with Gasteiger partial charge >= 0.3 is 0 Å². The SMILES string of the molecule is CC(C)Oc1cccc(-c2cc(N)n(C)n2)n1. The summed E-state index contributed by atoms with van der Waals surface area (Å²) in [6.45, 7) is 3.93. The van der Waals surface area contributed by atoms with Crippen LogP contribution in [0.15, 0.2) is 24.3 Å². The van der Waals surface area contributed by atoms with Crippen molar-refractivity contribution in [1.82, 2.24) is 14.8 Å². The van der Waals surface area contributed by atoms with Crippen molar-refractivity contribution in [1.29, 1.82) is 0 Å². The summed E-state index contributed by atoms with van der Waals surface area (Å²) >= 11 is 0. The van der Waals surface area contributed by atoms with Crippen molar-refractivity contribution >= 4 is 5.82 Å². The summed E-state index contributed by atoms with van der Waals surface area (Å²) in [6, 6.07) is 7.40. The molecule has 0 unspecified atom stereocenters. The first-order valence-corrected chi connectivity index (χ1v) is 5.50. The quantitative estimate of drug-likeness (QED) is 0.877. The van der Waals surface area contributed by atoms with Crippen LogP contribution in [0.25, 0.3) is 11.4 Å². The molecule has 5 heteroatoms. The van der Waals surface area contributed by atoms with E-state index in [4.69, 9.17) is 10.5 Å². The third-order valence-corrected chi connectivity index (χ3v) is 2.26. The van der Waals surface area contributed by atoms with E-state index < -0.39 is 0 Å². The number of aromatic nitrogens is 3. The molecule has 90 valence electrons. The normalized spacial score (nSPS) is 10.8. The van der Waals surface area contributed by atoms with E-state index in [-0.39, 0.29) is 6.10 Å². The predicted molar refractivity (Wildman–Crippen MR) is 66.6 cm³/mol. The molecule has 0 spiro atoms. The van der Waals surface area contributed by atoms with Gasteiger partial charge in [0.1, 0.15) is 11.5 Å². The standard InChI is InChI=1S/C12H16N4O/c1-8(2)17-12-6-4-5-9(14-12)10-7-11(13)16(3)15-10/h4-8H,13H2,1-3H3. The van der Waals surface area contributed by atoms with Crippen LogP contribution in [0.3, 0.4) is 0 Å². The number of hydrogen-bond acceptors (Lipinski definition) is 4. The number of nitrogens with two attached hydrogens (primary N) is 1. The average molecular weight is 232 g/mol. The van der Waals surface area contributed by atoms with Gasteiger partial charge in [0.15, 0.2) is 0 Å². The van der Waals surface area contributed by atoms with Crippen molar-refractivity contribution in [2.45, 2.75) is 20.0 Å². The van der Waals surface area contributed by atoms with E-state index in [1.54, 1.807) is 17.8 Å². The van der Waals surface area contributed by atoms with E-state index in [1.807, 2.05) is 32.0 Å². The molecule has 2 aromatic rings. The molecule has 0 aliphatic heterocycles. The van der Waals surface area contributed by atoms with Crippen molar-refractivity contribution < 1.29 is 4.74 Å². The van der Waals surface area contributed by atoms with Gasteiger partial charge in [0.25, 0.3) is 0 Å². The van der Waals surface area contributed by atoms with Crippen LogP contribution >= 0.6 is 0 Å². The van der Waals surface area contributed by atoms with Crippen molar-refractivity contribution in [2.24, 2.45) is 7.05 Å². The van der Waals surface area contributed by atoms with Crippen LogP contribution in [-0.4, -0.2) is 20.9 Å². The first kappa shape index (κ1) is 11.4. The van der Waals surface area contributed by atoms with Crippen molar-refractivity contribution in [3.63, 3.8) is 0 Å². The lowest BCUT2D eigenvalue weighted by Crippen LogP contribution is -2.07. The Morgan fingerprint density at radius 1 is 1.29 bits per heavy atom. The zero-order valence-electron chi connectivity index (χ0n) is 10.2. The van der Waals surface area contributed by atoms with Crippen molar-refractivity contribution in [3.05, 3.63) is 24.3 Å². The Morgan fingerprint density at radius 3 is 2.65 bits per heavy atom. The van der Waals surface area contributed by atoms with Gasteiger partial charge in [0, 0.05) is 19.2 Å². The van der Waals surface area contributed by atoms with Gasteiger partial charge in [0.05, 0.1) is 11.8 Å². The summed E-state index contributed by atoms with van der Waals surface area (Å²) in [4.78, 5) is 4.38. The van der Waals surface area contributed by atoms with Gasteiger partial charge in [0.2, 0.25) is 5.88 Å². The number of pyridine rings is 1. The molecular weight excluding hydrogens is 216 g/mol. The fraction of sp³-hybridized carbons (Fsp3) is 0.333. The topological polar surface area (TPSA) is 66.0 Å². The fourth-order valence-corrected chi connectivity index (χ4v) is 1.47. The molecule has 0 fully saturated rings. The van der Waals surface area contributed by atoms with E-state index in [9.17, 15) is 0 Å². The molecule has 2 rings (SSSR count). The van der Waals surface area contributed by atoms with Gasteiger partial charge < -0.3 is 10.5 Å². The van der Waals surface area contributed by atoms with Gasteiger partial charge in [-0.3, -0.25) is 4.68 Å². The largest absolute Gasteiger partial charge is 0.475 e. The smallest absolute Gasteiger partial charge is 0.214 e. The zero-order valence-corrected chi connectivity index (χ0v) is 10.2. The van der Waals surface area contributed by atoms with Crippen LogP contribution in [-0.2, 0) is 7.05 Å². The maximum Gasteiger partial charge on any atom is 0.214 e. The zero-order chi connectivity index (χ0) is 12.4. The van der Waals surface area contributed by atoms with E-state index in [0.29, 0.717) is 11.7 Å². The third kappa shape index (κ3) is 2.55. The van der Waals surface area contributed by atoms with Gasteiger partial charge in [-0.05, 0) is 19.9 Å². The molecule has 0 radical (unpaired) electrons. The van der Waals surface area contributed by atoms with Gasteiger partial charge in [-0.1, -0.05) is 6.07 Å². The molecule has 2 N–H and O–H groups in total. The monoisotopic (exact) mass is 232 g/mol. The Hall–Kier alpha value is -2.04. The van der Waals surface area contributed by atoms with Gasteiger partial charge in [-0.25, -0.2) is 4.98 Å². The summed E-state index contributed by atoms with van der Waals surface area (Å²) in [6.07, 6.45) is 0.103. The summed E-state index contributed by atoms with van der Waals surface area (Å²) in [5.41, 5.74) is 7.25. The Balaban J connectivity index is 2.32. The Morgan fingerprint density at radius 2 is 2.06 bits per heavy atom. The highest BCUT2D eigenvalue weighted by molar-refractivity contribution is 5.58. The number of ether oxygens (including phenoxy) is 1. The first-order valence-electron chi connectivity index (χ1n) is 5.50. The highest BCUT2D eigenvalue weighted by Gasteiger charge is 2.07. The van der Waals surface area contributed by atoms with E-state index in [2.05, 4.69) is 10.1 Å². The molecule has 0 saturated carbocycles. The van der Waals surface area contributed by atoms with Crippen LogP contribution in [0.1, 0.15) is 13.8 Å². The number of hydrogen-bond donors (Lipinski definition) is 1. The van der Waals surface area contributed by atoms with Crippen LogP contribution in [0.2, 0.25) is 0 Å². The summed E-state index contributed by atoms with van der Waals surface area (Å²) < 4.78 is 7.15. The Labute approximate surface area is 100 Å². The van der Waals surface area contributed by atoms with Gasteiger partial charge in [-0.15, -0.1) is 0 Å². The highest BCUT2D eigenvalue weighted by atomic mass is 16.5. The van der Waals surface area contributed by atoms with Crippen molar-refractivity contribution in [3.8, 4) is 17.3 Å². The van der Waals surface area contributed by atoms with Gasteiger partial charge in [-0.2, -0.15) is 5.10 Å². The minimum atomic E-state index is 0.103. The molecule has 0 aliphatic rings. The van der Waals surface area contributed by atoms with Crippen molar-refractivity contribution in [2.75, 3.05) is 5.73 Å². The Bertz CT molecular complexity index is 499. The highest BCUT2D eigenvalue weighted by Crippen LogP contribution is 2.20. The second-order valence-corrected chi connectivity index (χ2v) is 4.11. The minimum Gasteiger partial charge on any atom is -0.475 e. The van der Waals surface area contributed by atoms with E-state index in [1.165, 1.54) is 0 Å². The summed E-state index contributed by atoms with van der Waals surface area (Å²) in [5.74, 6) is 1.21. The molecular formula is C12H16N4O. The molecule has 0 amide bonds. The molecule has 5 nitrogen and oxygen atoms in total. The fourth-order valence-electron chi connectivity index (χ4n) is 1.47. The number of nitrogens with zero attached hydrogens (tertiary/aromatic N) is 3. The lowest BCUT2D eigenvalue weighted by molar-refractivity contribution is 0.233. The number of nitrogen functional groups attached to an aromatic ring is 1. The molecule has 0 saturated heterocycles. The minimum absolute atomic E-state index is 0.103. The third-order valence-electron chi connectivity index (χ3n) is 2.26. The second-order valence-electron chi connectivity index (χ2n) is 4.11. The van der Waals surface area contributed by atoms with Crippen LogP contribution in [0.5, 0.6) is 5.88 Å². The lowest BCUT2D eigenvalue weighted by atomic mass is 10.3. The molecule has 0 atom stereocenters. The molecule has 0 aromatic carbocycles. The number of anilines is 1. The maximum atomic E-state index is 5.74. The van der Waals surface area contributed by atoms with Crippen LogP contribution < -0.4 is 10.5 Å². The number of aryl methyl sites for hydroxylation is 1. The molecule has 2 heterocycles. The average Bonchev–Trinajstić information content (AvgIpc) is 2.59. The van der Waals surface area contributed by atoms with E-state index >= 15 is 0 Å². The molecule has 2 aromatic heterocycles. The maximum absolute atomic E-state index is 5.74. The first-order chi connectivity index (χ1) is 8.06. The molecule has 0 aliphatic carbocycles.